The number of hydrogen-bond acceptors (Lipinski definition) is 2. The van der Waals surface area contributed by atoms with E-state index in [1.807, 2.05) is 49.4 Å². The zero-order chi connectivity index (χ0) is 20.1. The maximum Gasteiger partial charge on any atom is 0.246 e. The molecule has 0 spiro atoms. The van der Waals surface area contributed by atoms with Crippen molar-refractivity contribution in [1.29, 1.82) is 0 Å². The van der Waals surface area contributed by atoms with Crippen molar-refractivity contribution in [2.75, 3.05) is 13.1 Å². The molecule has 2 aliphatic rings. The fourth-order valence-corrected chi connectivity index (χ4v) is 4.90. The molecule has 1 aromatic heterocycles. The summed E-state index contributed by atoms with van der Waals surface area (Å²) in [6.07, 6.45) is 1.37. The molecule has 1 N–H and O–H groups in total. The number of nitrogens with zero attached hydrogens (tertiary/aromatic N) is 2. The summed E-state index contributed by atoms with van der Waals surface area (Å²) in [6, 6.07) is 14.9. The maximum atomic E-state index is 13.3. The van der Waals surface area contributed by atoms with Crippen molar-refractivity contribution >= 4 is 34.3 Å². The normalized spacial score (nSPS) is 21.4. The molecule has 5 rings (SSSR count). The van der Waals surface area contributed by atoms with Gasteiger partial charge in [-0.15, -0.1) is 0 Å². The minimum absolute atomic E-state index is 0.00712. The molecule has 2 aromatic carbocycles. The summed E-state index contributed by atoms with van der Waals surface area (Å²) < 4.78 is 0. The first-order valence-corrected chi connectivity index (χ1v) is 10.4. The Morgan fingerprint density at radius 3 is 2.62 bits per heavy atom. The van der Waals surface area contributed by atoms with Gasteiger partial charge in [-0.05, 0) is 35.7 Å². The van der Waals surface area contributed by atoms with Crippen molar-refractivity contribution < 1.29 is 9.59 Å². The van der Waals surface area contributed by atoms with Crippen molar-refractivity contribution in [3.8, 4) is 0 Å². The number of aromatic nitrogens is 1. The summed E-state index contributed by atoms with van der Waals surface area (Å²) in [4.78, 5) is 33.6. The molecule has 0 radical (unpaired) electrons. The van der Waals surface area contributed by atoms with Crippen LogP contribution in [0.4, 0.5) is 0 Å². The minimum atomic E-state index is -0.477. The number of para-hydroxylation sites is 1. The second-order valence-corrected chi connectivity index (χ2v) is 8.23. The number of benzene rings is 2. The van der Waals surface area contributed by atoms with E-state index in [4.69, 9.17) is 11.6 Å². The average molecular weight is 408 g/mol. The van der Waals surface area contributed by atoms with Crippen LogP contribution in [0.2, 0.25) is 5.02 Å². The Labute approximate surface area is 174 Å². The second kappa shape index (κ2) is 6.92. The Morgan fingerprint density at radius 1 is 1.10 bits per heavy atom. The van der Waals surface area contributed by atoms with E-state index in [1.54, 1.807) is 9.80 Å². The van der Waals surface area contributed by atoms with Gasteiger partial charge < -0.3 is 14.8 Å². The predicted molar refractivity (Wildman–Crippen MR) is 113 cm³/mol. The summed E-state index contributed by atoms with van der Waals surface area (Å²) in [6.45, 7) is 2.78. The highest BCUT2D eigenvalue weighted by atomic mass is 35.5. The van der Waals surface area contributed by atoms with E-state index < -0.39 is 6.04 Å². The molecule has 3 aromatic rings. The van der Waals surface area contributed by atoms with E-state index in [0.29, 0.717) is 18.0 Å². The number of fused-ring (bicyclic) bond motifs is 4. The number of rotatable bonds is 3. The number of H-pyrrole nitrogens is 1. The maximum absolute atomic E-state index is 13.3. The Kier molecular flexibility index (Phi) is 4.36. The number of amides is 2. The first-order valence-electron chi connectivity index (χ1n) is 10.0. The fraction of sp³-hybridized carbons (Fsp3) is 0.304. The lowest BCUT2D eigenvalue weighted by molar-refractivity contribution is -0.158. The van der Waals surface area contributed by atoms with Crippen molar-refractivity contribution in [2.45, 2.75) is 31.8 Å². The van der Waals surface area contributed by atoms with Gasteiger partial charge in [0.2, 0.25) is 11.8 Å². The van der Waals surface area contributed by atoms with Gasteiger partial charge in [0, 0.05) is 34.6 Å². The lowest BCUT2D eigenvalue weighted by Gasteiger charge is -2.47. The lowest BCUT2D eigenvalue weighted by Crippen LogP contribution is -2.63. The third-order valence-corrected chi connectivity index (χ3v) is 6.27. The summed E-state index contributed by atoms with van der Waals surface area (Å²) in [7, 11) is 0. The molecular weight excluding hydrogens is 386 g/mol. The van der Waals surface area contributed by atoms with E-state index in [1.165, 1.54) is 0 Å². The second-order valence-electron chi connectivity index (χ2n) is 7.80. The van der Waals surface area contributed by atoms with Crippen LogP contribution in [0.3, 0.4) is 0 Å². The topological polar surface area (TPSA) is 56.4 Å². The number of aromatic amines is 1. The van der Waals surface area contributed by atoms with Crippen LogP contribution in [-0.4, -0.2) is 45.7 Å². The highest BCUT2D eigenvalue weighted by Gasteiger charge is 2.47. The van der Waals surface area contributed by atoms with Crippen molar-refractivity contribution in [2.24, 2.45) is 0 Å². The summed E-state index contributed by atoms with van der Waals surface area (Å²) >= 11 is 6.11. The van der Waals surface area contributed by atoms with E-state index in [-0.39, 0.29) is 24.4 Å². The van der Waals surface area contributed by atoms with Gasteiger partial charge in [0.25, 0.3) is 0 Å². The van der Waals surface area contributed by atoms with Gasteiger partial charge in [-0.25, -0.2) is 0 Å². The largest absolute Gasteiger partial charge is 0.356 e. The molecule has 2 amide bonds. The van der Waals surface area contributed by atoms with Gasteiger partial charge in [0.15, 0.2) is 0 Å². The molecule has 3 heterocycles. The first kappa shape index (κ1) is 18.3. The Morgan fingerprint density at radius 2 is 1.86 bits per heavy atom. The molecule has 1 saturated heterocycles. The van der Waals surface area contributed by atoms with Gasteiger partial charge in [0.1, 0.15) is 6.04 Å². The lowest BCUT2D eigenvalue weighted by atomic mass is 9.86. The third kappa shape index (κ3) is 2.84. The number of halogens is 1. The molecule has 6 heteroatoms. The van der Waals surface area contributed by atoms with Gasteiger partial charge in [0.05, 0.1) is 12.6 Å². The average Bonchev–Trinajstić information content (AvgIpc) is 3.10. The Hall–Kier alpha value is -2.79. The highest BCUT2D eigenvalue weighted by Crippen LogP contribution is 2.42. The van der Waals surface area contributed by atoms with Crippen LogP contribution in [-0.2, 0) is 16.0 Å². The molecule has 148 valence electrons. The van der Waals surface area contributed by atoms with Gasteiger partial charge >= 0.3 is 0 Å². The molecule has 5 nitrogen and oxygen atoms in total. The summed E-state index contributed by atoms with van der Waals surface area (Å²) in [5.41, 5.74) is 4.11. The Bertz CT molecular complexity index is 1110. The zero-order valence-corrected chi connectivity index (χ0v) is 16.9. The molecule has 2 aliphatic heterocycles. The molecule has 2 atom stereocenters. The molecule has 0 aliphatic carbocycles. The number of carbonyl (C=O) groups excluding carboxylic acids is 2. The number of hydrogen-bond donors (Lipinski definition) is 1. The molecular formula is C23H22ClN3O2. The zero-order valence-electron chi connectivity index (χ0n) is 16.2. The van der Waals surface area contributed by atoms with Crippen molar-refractivity contribution in [3.05, 3.63) is 70.4 Å². The standard InChI is InChI=1S/C23H22ClN3O2/c1-2-11-26-13-20(28)27-19(23(26)29)12-17-16-5-3-4-6-18(16)25-21(17)22(27)14-7-9-15(24)10-8-14/h3-10,19,22,25H,2,11-13H2,1H3/t19-,22-/m1/s1. The van der Waals surface area contributed by atoms with E-state index in [0.717, 1.165) is 34.1 Å². The molecule has 29 heavy (non-hydrogen) atoms. The van der Waals surface area contributed by atoms with Crippen LogP contribution in [0, 0.1) is 0 Å². The van der Waals surface area contributed by atoms with Crippen LogP contribution in [0.5, 0.6) is 0 Å². The van der Waals surface area contributed by atoms with Crippen molar-refractivity contribution in [1.82, 2.24) is 14.8 Å². The quantitative estimate of drug-likeness (QED) is 0.715. The van der Waals surface area contributed by atoms with Crippen LogP contribution in [0.25, 0.3) is 10.9 Å². The van der Waals surface area contributed by atoms with Gasteiger partial charge in [-0.1, -0.05) is 48.9 Å². The molecule has 0 unspecified atom stereocenters. The molecule has 1 fully saturated rings. The van der Waals surface area contributed by atoms with Crippen LogP contribution >= 0.6 is 11.6 Å². The summed E-state index contributed by atoms with van der Waals surface area (Å²) in [5.74, 6) is 0.0358. The van der Waals surface area contributed by atoms with Crippen LogP contribution in [0.15, 0.2) is 48.5 Å². The first-order chi connectivity index (χ1) is 14.1. The van der Waals surface area contributed by atoms with Gasteiger partial charge in [-0.2, -0.15) is 0 Å². The van der Waals surface area contributed by atoms with Crippen LogP contribution in [0.1, 0.15) is 36.2 Å². The van der Waals surface area contributed by atoms with Gasteiger partial charge in [-0.3, -0.25) is 9.59 Å². The highest BCUT2D eigenvalue weighted by molar-refractivity contribution is 6.30. The smallest absolute Gasteiger partial charge is 0.246 e. The van der Waals surface area contributed by atoms with E-state index >= 15 is 0 Å². The monoisotopic (exact) mass is 407 g/mol. The molecule has 0 bridgehead atoms. The third-order valence-electron chi connectivity index (χ3n) is 6.02. The van der Waals surface area contributed by atoms with E-state index in [9.17, 15) is 9.59 Å². The Balaban J connectivity index is 1.70. The number of carbonyl (C=O) groups is 2. The van der Waals surface area contributed by atoms with Crippen LogP contribution < -0.4 is 0 Å². The van der Waals surface area contributed by atoms with Crippen molar-refractivity contribution in [3.63, 3.8) is 0 Å². The number of nitrogens with one attached hydrogen (secondary N) is 1. The van der Waals surface area contributed by atoms with E-state index in [2.05, 4.69) is 11.1 Å². The minimum Gasteiger partial charge on any atom is -0.356 e. The number of piperazine rings is 1. The summed E-state index contributed by atoms with van der Waals surface area (Å²) in [5, 5.41) is 1.77. The molecule has 0 saturated carbocycles. The fourth-order valence-electron chi connectivity index (χ4n) is 4.77. The SMILES string of the molecule is CCCN1CC(=O)N2[C@H](c3ccc(Cl)cc3)c3[nH]c4ccccc4c3C[C@@H]2C1=O. The predicted octanol–water partition coefficient (Wildman–Crippen LogP) is 3.92.